The molecule has 2 heterocycles. The Bertz CT molecular complexity index is 237. The molecule has 82 valence electrons. The highest BCUT2D eigenvalue weighted by Crippen LogP contribution is 2.30. The molecular weight excluding hydrogens is 204 g/mol. The molecule has 0 aliphatic carbocycles. The van der Waals surface area contributed by atoms with Crippen molar-refractivity contribution in [2.45, 2.75) is 38.0 Å². The average molecular weight is 221 g/mol. The summed E-state index contributed by atoms with van der Waals surface area (Å²) in [5.41, 5.74) is -1.10. The molecule has 1 unspecified atom stereocenters. The lowest BCUT2D eigenvalue weighted by molar-refractivity contribution is -0.135. The van der Waals surface area contributed by atoms with Crippen molar-refractivity contribution in [2.75, 3.05) is 13.1 Å². The van der Waals surface area contributed by atoms with Crippen molar-refractivity contribution in [3.63, 3.8) is 0 Å². The van der Waals surface area contributed by atoms with Gasteiger partial charge in [0.1, 0.15) is 5.60 Å². The van der Waals surface area contributed by atoms with Gasteiger partial charge < -0.3 is 15.4 Å². The fraction of sp³-hybridized carbons (Fsp3) is 0.889. The Morgan fingerprint density at radius 3 is 2.57 bits per heavy atom. The summed E-state index contributed by atoms with van der Waals surface area (Å²) in [5.74, 6) is -0.00352. The summed E-state index contributed by atoms with van der Waals surface area (Å²) in [6.45, 7) is 5.36. The van der Waals surface area contributed by atoms with Crippen LogP contribution in [0.25, 0.3) is 0 Å². The molecule has 2 N–H and O–H groups in total. The highest BCUT2D eigenvalue weighted by Gasteiger charge is 2.50. The zero-order valence-corrected chi connectivity index (χ0v) is 9.37. The van der Waals surface area contributed by atoms with Gasteiger partial charge in [0, 0.05) is 6.54 Å². The van der Waals surface area contributed by atoms with Crippen molar-refractivity contribution in [1.29, 1.82) is 0 Å². The topological polar surface area (TPSA) is 50.4 Å². The van der Waals surface area contributed by atoms with E-state index in [0.717, 1.165) is 25.9 Å². The summed E-state index contributed by atoms with van der Waals surface area (Å²) in [5, 5.41) is 6.17. The highest BCUT2D eigenvalue weighted by atomic mass is 35.5. The molecule has 5 heteroatoms. The molecule has 4 nitrogen and oxygen atoms in total. The van der Waals surface area contributed by atoms with Gasteiger partial charge in [0.05, 0.1) is 0 Å². The predicted octanol–water partition coefficient (Wildman–Crippen LogP) is 0.413. The lowest BCUT2D eigenvalue weighted by Crippen LogP contribution is -2.54. The maximum Gasteiger partial charge on any atom is 0.254 e. The first-order valence-electron chi connectivity index (χ1n) is 4.78. The SMILES string of the molecule is CC1(C)OC2(CCCNC2)NC1=O.Cl. The van der Waals surface area contributed by atoms with Gasteiger partial charge in [0.2, 0.25) is 0 Å². The molecule has 0 bridgehead atoms. The average Bonchev–Trinajstić information content (AvgIpc) is 2.23. The number of hydrogen-bond acceptors (Lipinski definition) is 3. The fourth-order valence-electron chi connectivity index (χ4n) is 1.99. The smallest absolute Gasteiger partial charge is 0.254 e. The minimum absolute atomic E-state index is 0. The monoisotopic (exact) mass is 220 g/mol. The summed E-state index contributed by atoms with van der Waals surface area (Å²) >= 11 is 0. The largest absolute Gasteiger partial charge is 0.339 e. The van der Waals surface area contributed by atoms with Crippen LogP contribution in [0.1, 0.15) is 26.7 Å². The van der Waals surface area contributed by atoms with E-state index in [4.69, 9.17) is 4.74 Å². The lowest BCUT2D eigenvalue weighted by Gasteiger charge is -2.33. The Balaban J connectivity index is 0.000000980. The molecule has 0 aromatic carbocycles. The third kappa shape index (κ3) is 1.87. The molecule has 0 aromatic heterocycles. The molecule has 1 atom stereocenters. The van der Waals surface area contributed by atoms with Crippen LogP contribution in [0.2, 0.25) is 0 Å². The molecule has 0 aromatic rings. The number of hydrogen-bond donors (Lipinski definition) is 2. The Morgan fingerprint density at radius 1 is 1.43 bits per heavy atom. The van der Waals surface area contributed by atoms with Crippen LogP contribution in [0, 0.1) is 0 Å². The second-order valence-electron chi connectivity index (χ2n) is 4.34. The molecule has 2 aliphatic rings. The van der Waals surface area contributed by atoms with E-state index >= 15 is 0 Å². The molecule has 2 rings (SSSR count). The summed E-state index contributed by atoms with van der Waals surface area (Å²) in [6.07, 6.45) is 1.96. The number of carbonyl (C=O) groups is 1. The molecule has 1 spiro atoms. The molecule has 0 radical (unpaired) electrons. The van der Waals surface area contributed by atoms with E-state index in [2.05, 4.69) is 10.6 Å². The predicted molar refractivity (Wildman–Crippen MR) is 55.4 cm³/mol. The van der Waals surface area contributed by atoms with Gasteiger partial charge in [0.15, 0.2) is 5.72 Å². The zero-order chi connectivity index (χ0) is 9.53. The maximum atomic E-state index is 11.5. The van der Waals surface area contributed by atoms with Crippen molar-refractivity contribution in [3.8, 4) is 0 Å². The van der Waals surface area contributed by atoms with Crippen LogP contribution in [0.3, 0.4) is 0 Å². The van der Waals surface area contributed by atoms with E-state index in [-0.39, 0.29) is 18.3 Å². The Morgan fingerprint density at radius 2 is 2.14 bits per heavy atom. The van der Waals surface area contributed by atoms with Gasteiger partial charge in [0.25, 0.3) is 5.91 Å². The van der Waals surface area contributed by atoms with Gasteiger partial charge in [-0.1, -0.05) is 0 Å². The molecule has 2 saturated heterocycles. The van der Waals surface area contributed by atoms with Gasteiger partial charge in [-0.05, 0) is 33.2 Å². The van der Waals surface area contributed by atoms with Crippen LogP contribution >= 0.6 is 12.4 Å². The van der Waals surface area contributed by atoms with E-state index in [1.165, 1.54) is 0 Å². The van der Waals surface area contributed by atoms with Crippen molar-refractivity contribution < 1.29 is 9.53 Å². The molecule has 2 fully saturated rings. The minimum Gasteiger partial charge on any atom is -0.339 e. The number of ether oxygens (including phenoxy) is 1. The van der Waals surface area contributed by atoms with Gasteiger partial charge in [-0.15, -0.1) is 12.4 Å². The van der Waals surface area contributed by atoms with E-state index in [9.17, 15) is 4.79 Å². The first-order chi connectivity index (χ1) is 6.04. The summed E-state index contributed by atoms with van der Waals surface area (Å²) in [4.78, 5) is 11.5. The van der Waals surface area contributed by atoms with Gasteiger partial charge in [-0.2, -0.15) is 0 Å². The third-order valence-electron chi connectivity index (χ3n) is 2.68. The molecule has 2 aliphatic heterocycles. The lowest BCUT2D eigenvalue weighted by atomic mass is 10.0. The van der Waals surface area contributed by atoms with Crippen molar-refractivity contribution in [1.82, 2.24) is 10.6 Å². The standard InChI is InChI=1S/C9H16N2O2.ClH/c1-8(2)7(12)11-9(13-8)4-3-5-10-6-9;/h10H,3-6H2,1-2H3,(H,11,12);1H. The number of carbonyl (C=O) groups excluding carboxylic acids is 1. The Kier molecular flexibility index (Phi) is 3.09. The van der Waals surface area contributed by atoms with Crippen LogP contribution in [0.4, 0.5) is 0 Å². The second kappa shape index (κ2) is 3.68. The van der Waals surface area contributed by atoms with Crippen LogP contribution in [-0.2, 0) is 9.53 Å². The third-order valence-corrected chi connectivity index (χ3v) is 2.68. The number of piperidine rings is 1. The quantitative estimate of drug-likeness (QED) is 0.622. The normalized spacial score (nSPS) is 35.1. The van der Waals surface area contributed by atoms with Gasteiger partial charge in [-0.3, -0.25) is 4.79 Å². The van der Waals surface area contributed by atoms with Crippen molar-refractivity contribution in [2.24, 2.45) is 0 Å². The summed E-state index contributed by atoms with van der Waals surface area (Å²) in [7, 11) is 0. The Labute approximate surface area is 90.2 Å². The second-order valence-corrected chi connectivity index (χ2v) is 4.34. The van der Waals surface area contributed by atoms with E-state index in [0.29, 0.717) is 0 Å². The number of nitrogens with one attached hydrogen (secondary N) is 2. The molecule has 1 amide bonds. The van der Waals surface area contributed by atoms with Gasteiger partial charge >= 0.3 is 0 Å². The molecule has 0 saturated carbocycles. The Hall–Kier alpha value is -0.320. The van der Waals surface area contributed by atoms with E-state index < -0.39 is 11.3 Å². The highest BCUT2D eigenvalue weighted by molar-refractivity contribution is 5.86. The maximum absolute atomic E-state index is 11.5. The number of halogens is 1. The first-order valence-corrected chi connectivity index (χ1v) is 4.78. The summed E-state index contributed by atoms with van der Waals surface area (Å²) < 4.78 is 5.77. The van der Waals surface area contributed by atoms with Crippen molar-refractivity contribution in [3.05, 3.63) is 0 Å². The molecular formula is C9H17ClN2O2. The van der Waals surface area contributed by atoms with Crippen LogP contribution in [0.15, 0.2) is 0 Å². The van der Waals surface area contributed by atoms with E-state index in [1.54, 1.807) is 0 Å². The number of amides is 1. The first kappa shape index (κ1) is 11.8. The van der Waals surface area contributed by atoms with E-state index in [1.807, 2.05) is 13.8 Å². The molecule has 14 heavy (non-hydrogen) atoms. The van der Waals surface area contributed by atoms with Crippen LogP contribution in [-0.4, -0.2) is 30.3 Å². The van der Waals surface area contributed by atoms with Crippen LogP contribution < -0.4 is 10.6 Å². The fourth-order valence-corrected chi connectivity index (χ4v) is 1.99. The van der Waals surface area contributed by atoms with Crippen molar-refractivity contribution >= 4 is 18.3 Å². The summed E-state index contributed by atoms with van der Waals surface area (Å²) in [6, 6.07) is 0. The van der Waals surface area contributed by atoms with Crippen LogP contribution in [0.5, 0.6) is 0 Å². The zero-order valence-electron chi connectivity index (χ0n) is 8.55. The minimum atomic E-state index is -0.668. The van der Waals surface area contributed by atoms with Gasteiger partial charge in [-0.25, -0.2) is 0 Å². The number of rotatable bonds is 0.